The largest absolute Gasteiger partial charge is 0.457 e. The second-order valence-corrected chi connectivity index (χ2v) is 6.89. The highest BCUT2D eigenvalue weighted by Gasteiger charge is 2.51. The lowest BCUT2D eigenvalue weighted by Gasteiger charge is -2.27. The van der Waals surface area contributed by atoms with E-state index in [9.17, 15) is 9.59 Å². The lowest BCUT2D eigenvalue weighted by Crippen LogP contribution is -2.39. The Bertz CT molecular complexity index is 853. The molecule has 4 atom stereocenters. The van der Waals surface area contributed by atoms with Crippen LogP contribution in [0.3, 0.4) is 0 Å². The summed E-state index contributed by atoms with van der Waals surface area (Å²) in [6.07, 6.45) is 4.56. The minimum atomic E-state index is -0.431. The molecule has 2 aliphatic carbocycles. The zero-order chi connectivity index (χ0) is 17.6. The van der Waals surface area contributed by atoms with Gasteiger partial charge in [-0.1, -0.05) is 30.4 Å². The third kappa shape index (κ3) is 2.69. The minimum absolute atomic E-state index is 0.0895. The number of benzene rings is 1. The van der Waals surface area contributed by atoms with Gasteiger partial charge in [0, 0.05) is 11.6 Å². The van der Waals surface area contributed by atoms with Crippen molar-refractivity contribution in [2.24, 2.45) is 17.8 Å². The van der Waals surface area contributed by atoms with Gasteiger partial charge in [-0.15, -0.1) is 0 Å². The molecule has 0 amide bonds. The van der Waals surface area contributed by atoms with Crippen LogP contribution in [-0.2, 0) is 4.74 Å². The van der Waals surface area contributed by atoms with Crippen LogP contribution in [0, 0.1) is 31.6 Å². The maximum atomic E-state index is 13.1. The summed E-state index contributed by atoms with van der Waals surface area (Å²) in [6.45, 7) is 3.73. The van der Waals surface area contributed by atoms with Crippen molar-refractivity contribution in [2.75, 3.05) is 0 Å². The van der Waals surface area contributed by atoms with Gasteiger partial charge in [0.2, 0.25) is 0 Å². The first-order chi connectivity index (χ1) is 12.0. The molecular weight excluding hydrogens is 316 g/mol. The number of esters is 1. The molecule has 0 aliphatic heterocycles. The summed E-state index contributed by atoms with van der Waals surface area (Å²) in [5.74, 6) is -0.634. The third-order valence-electron chi connectivity index (χ3n) is 5.14. The monoisotopic (exact) mass is 336 g/mol. The Kier molecular flexibility index (Phi) is 3.79. The molecule has 25 heavy (non-hydrogen) atoms. The van der Waals surface area contributed by atoms with Crippen molar-refractivity contribution in [3.8, 4) is 0 Å². The van der Waals surface area contributed by atoms with Gasteiger partial charge in [0.05, 0.1) is 17.2 Å². The van der Waals surface area contributed by atoms with Crippen LogP contribution in [0.2, 0.25) is 0 Å². The summed E-state index contributed by atoms with van der Waals surface area (Å²) in [4.78, 5) is 25.5. The number of hydrogen-bond donors (Lipinski definition) is 0. The highest BCUT2D eigenvalue weighted by atomic mass is 16.5. The molecule has 1 heterocycles. The summed E-state index contributed by atoms with van der Waals surface area (Å²) in [5.41, 5.74) is 2.12. The number of allylic oxidation sites excluding steroid dienone is 1. The van der Waals surface area contributed by atoms with Crippen LogP contribution >= 0.6 is 0 Å². The van der Waals surface area contributed by atoms with Gasteiger partial charge < -0.3 is 4.74 Å². The van der Waals surface area contributed by atoms with Crippen LogP contribution in [0.15, 0.2) is 48.6 Å². The van der Waals surface area contributed by atoms with E-state index in [2.05, 4.69) is 17.3 Å². The second-order valence-electron chi connectivity index (χ2n) is 6.89. The Morgan fingerprint density at radius 2 is 1.84 bits per heavy atom. The molecule has 0 N–H and O–H groups in total. The topological polar surface area (TPSA) is 61.2 Å². The van der Waals surface area contributed by atoms with Gasteiger partial charge in [-0.05, 0) is 44.4 Å². The summed E-state index contributed by atoms with van der Waals surface area (Å²) in [5, 5.41) is 4.31. The van der Waals surface area contributed by atoms with E-state index in [0.717, 1.165) is 17.8 Å². The minimum Gasteiger partial charge on any atom is -0.457 e. The van der Waals surface area contributed by atoms with Gasteiger partial charge in [0.15, 0.2) is 0 Å². The normalized spacial score (nSPS) is 26.8. The van der Waals surface area contributed by atoms with E-state index in [0.29, 0.717) is 5.56 Å². The zero-order valence-electron chi connectivity index (χ0n) is 14.3. The van der Waals surface area contributed by atoms with Crippen molar-refractivity contribution in [2.45, 2.75) is 26.4 Å². The maximum Gasteiger partial charge on any atom is 0.338 e. The molecule has 5 heteroatoms. The third-order valence-corrected chi connectivity index (χ3v) is 5.14. The van der Waals surface area contributed by atoms with Gasteiger partial charge in [0.25, 0.3) is 5.91 Å². The molecule has 1 fully saturated rings. The summed E-state index contributed by atoms with van der Waals surface area (Å²) < 4.78 is 7.24. The van der Waals surface area contributed by atoms with E-state index in [4.69, 9.17) is 4.74 Å². The van der Waals surface area contributed by atoms with Gasteiger partial charge in [0.1, 0.15) is 6.10 Å². The standard InChI is InChI=1S/C20H20N2O3/c1-12-10-13(2)22(21-12)19(23)17-15-8-9-16(11-15)18(17)25-20(24)14-6-4-3-5-7-14/h3-10,15-18H,11H2,1-2H3. The Balaban J connectivity index is 1.60. The second kappa shape index (κ2) is 5.99. The molecule has 0 radical (unpaired) electrons. The number of aromatic nitrogens is 2. The Hall–Kier alpha value is -2.69. The Morgan fingerprint density at radius 3 is 2.52 bits per heavy atom. The smallest absolute Gasteiger partial charge is 0.338 e. The molecule has 2 aliphatic rings. The summed E-state index contributed by atoms with van der Waals surface area (Å²) in [6, 6.07) is 10.8. The molecule has 128 valence electrons. The van der Waals surface area contributed by atoms with E-state index in [1.165, 1.54) is 4.68 Å². The van der Waals surface area contributed by atoms with E-state index >= 15 is 0 Å². The molecule has 4 unspecified atom stereocenters. The van der Waals surface area contributed by atoms with Crippen LogP contribution in [0.5, 0.6) is 0 Å². The number of ether oxygens (including phenoxy) is 1. The van der Waals surface area contributed by atoms with Crippen LogP contribution < -0.4 is 0 Å². The first-order valence-electron chi connectivity index (χ1n) is 8.56. The number of fused-ring (bicyclic) bond motifs is 2. The van der Waals surface area contributed by atoms with Gasteiger partial charge in [-0.25, -0.2) is 9.48 Å². The number of rotatable bonds is 3. The zero-order valence-corrected chi connectivity index (χ0v) is 14.3. The van der Waals surface area contributed by atoms with Gasteiger partial charge >= 0.3 is 5.97 Å². The number of aryl methyl sites for hydroxylation is 2. The van der Waals surface area contributed by atoms with Crippen LogP contribution in [0.25, 0.3) is 0 Å². The lowest BCUT2D eigenvalue weighted by molar-refractivity contribution is 0.00908. The predicted molar refractivity (Wildman–Crippen MR) is 92.2 cm³/mol. The molecule has 2 bridgehead atoms. The number of hydrogen-bond acceptors (Lipinski definition) is 4. The fraction of sp³-hybridized carbons (Fsp3) is 0.350. The van der Waals surface area contributed by atoms with Crippen molar-refractivity contribution in [3.63, 3.8) is 0 Å². The number of carbonyl (C=O) groups is 2. The van der Waals surface area contributed by atoms with Crippen LogP contribution in [-0.4, -0.2) is 27.8 Å². The van der Waals surface area contributed by atoms with E-state index < -0.39 is 6.10 Å². The van der Waals surface area contributed by atoms with Crippen molar-refractivity contribution in [1.29, 1.82) is 0 Å². The molecule has 4 rings (SSSR count). The summed E-state index contributed by atoms with van der Waals surface area (Å²) >= 11 is 0. The van der Waals surface area contributed by atoms with Gasteiger partial charge in [-0.3, -0.25) is 4.79 Å². The first kappa shape index (κ1) is 15.8. The van der Waals surface area contributed by atoms with Crippen molar-refractivity contribution in [3.05, 3.63) is 65.5 Å². The molecule has 5 nitrogen and oxygen atoms in total. The highest BCUT2D eigenvalue weighted by molar-refractivity contribution is 5.90. The average molecular weight is 336 g/mol. The Labute approximate surface area is 146 Å². The average Bonchev–Trinajstić information content (AvgIpc) is 3.29. The number of carbonyl (C=O) groups excluding carboxylic acids is 2. The SMILES string of the molecule is Cc1cc(C)n(C(=O)C2C3C=CC(C3)C2OC(=O)c2ccccc2)n1. The molecule has 1 aromatic carbocycles. The molecule has 1 aromatic heterocycles. The predicted octanol–water partition coefficient (Wildman–Crippen LogP) is 3.19. The molecule has 0 saturated heterocycles. The van der Waals surface area contributed by atoms with E-state index in [-0.39, 0.29) is 29.6 Å². The van der Waals surface area contributed by atoms with Crippen molar-refractivity contribution < 1.29 is 14.3 Å². The fourth-order valence-corrected chi connectivity index (χ4v) is 4.02. The molecule has 1 saturated carbocycles. The van der Waals surface area contributed by atoms with E-state index in [1.54, 1.807) is 24.3 Å². The fourth-order valence-electron chi connectivity index (χ4n) is 4.02. The van der Waals surface area contributed by atoms with E-state index in [1.807, 2.05) is 26.0 Å². The lowest BCUT2D eigenvalue weighted by atomic mass is 9.90. The Morgan fingerprint density at radius 1 is 1.12 bits per heavy atom. The highest BCUT2D eigenvalue weighted by Crippen LogP contribution is 2.46. The molecule has 2 aromatic rings. The van der Waals surface area contributed by atoms with Crippen molar-refractivity contribution >= 4 is 11.9 Å². The maximum absolute atomic E-state index is 13.1. The number of nitrogens with zero attached hydrogens (tertiary/aromatic N) is 2. The molecule has 0 spiro atoms. The van der Waals surface area contributed by atoms with Crippen LogP contribution in [0.4, 0.5) is 0 Å². The first-order valence-corrected chi connectivity index (χ1v) is 8.56. The molecular formula is C20H20N2O3. The summed E-state index contributed by atoms with van der Waals surface area (Å²) in [7, 11) is 0. The quantitative estimate of drug-likeness (QED) is 0.638. The van der Waals surface area contributed by atoms with Gasteiger partial charge in [-0.2, -0.15) is 5.10 Å². The van der Waals surface area contributed by atoms with Crippen molar-refractivity contribution in [1.82, 2.24) is 9.78 Å². The van der Waals surface area contributed by atoms with Crippen LogP contribution in [0.1, 0.15) is 33.0 Å².